The van der Waals surface area contributed by atoms with Gasteiger partial charge >= 0.3 is 6.03 Å². The Bertz CT molecular complexity index is 643. The van der Waals surface area contributed by atoms with Crippen molar-refractivity contribution in [1.82, 2.24) is 9.78 Å². The van der Waals surface area contributed by atoms with E-state index < -0.39 is 11.9 Å². The smallest absolute Gasteiger partial charge is 0.324 e. The number of urea groups is 1. The van der Waals surface area contributed by atoms with Crippen molar-refractivity contribution in [1.29, 1.82) is 0 Å². The van der Waals surface area contributed by atoms with Gasteiger partial charge < -0.3 is 11.1 Å². The van der Waals surface area contributed by atoms with E-state index in [1.807, 2.05) is 6.92 Å². The van der Waals surface area contributed by atoms with Gasteiger partial charge in [0, 0.05) is 18.8 Å². The van der Waals surface area contributed by atoms with E-state index in [0.29, 0.717) is 11.5 Å². The molecule has 0 aliphatic rings. The lowest BCUT2D eigenvalue weighted by Gasteiger charge is -2.08. The number of primary amides is 1. The summed E-state index contributed by atoms with van der Waals surface area (Å²) < 4.78 is 1.65. The van der Waals surface area contributed by atoms with Crippen LogP contribution in [-0.2, 0) is 7.05 Å². The quantitative estimate of drug-likeness (QED) is 0.789. The topological polar surface area (TPSA) is 102 Å². The van der Waals surface area contributed by atoms with Crippen LogP contribution in [0.15, 0.2) is 30.3 Å². The van der Waals surface area contributed by atoms with Crippen LogP contribution in [0.2, 0.25) is 0 Å². The Morgan fingerprint density at radius 1 is 1.25 bits per heavy atom. The zero-order valence-electron chi connectivity index (χ0n) is 11.2. The zero-order valence-corrected chi connectivity index (χ0v) is 11.2. The van der Waals surface area contributed by atoms with Gasteiger partial charge in [-0.15, -0.1) is 0 Å². The van der Waals surface area contributed by atoms with Crippen molar-refractivity contribution in [2.24, 2.45) is 12.8 Å². The molecular formula is C13H15N5O2. The Hall–Kier alpha value is -2.83. The van der Waals surface area contributed by atoms with Crippen LogP contribution in [0.3, 0.4) is 0 Å². The Morgan fingerprint density at radius 2 is 1.95 bits per heavy atom. The van der Waals surface area contributed by atoms with Crippen molar-refractivity contribution >= 4 is 23.4 Å². The van der Waals surface area contributed by atoms with E-state index >= 15 is 0 Å². The molecule has 104 valence electrons. The first-order chi connectivity index (χ1) is 9.47. The fraction of sp³-hybridized carbons (Fsp3) is 0.154. The zero-order chi connectivity index (χ0) is 14.7. The van der Waals surface area contributed by atoms with Crippen LogP contribution >= 0.6 is 0 Å². The SMILES string of the molecule is Cc1cc(NC(=O)Nc2ccccc2C(N)=O)nn1C. The number of para-hydroxylation sites is 1. The lowest BCUT2D eigenvalue weighted by molar-refractivity contribution is 0.100. The van der Waals surface area contributed by atoms with Crippen LogP contribution in [-0.4, -0.2) is 21.7 Å². The number of anilines is 2. The van der Waals surface area contributed by atoms with Gasteiger partial charge in [0.2, 0.25) is 0 Å². The van der Waals surface area contributed by atoms with Crippen LogP contribution in [0, 0.1) is 6.92 Å². The first-order valence-corrected chi connectivity index (χ1v) is 5.95. The molecule has 0 fully saturated rings. The summed E-state index contributed by atoms with van der Waals surface area (Å²) in [6.45, 7) is 1.87. The normalized spacial score (nSPS) is 10.1. The van der Waals surface area contributed by atoms with E-state index in [1.54, 1.807) is 42.1 Å². The number of nitrogens with one attached hydrogen (secondary N) is 2. The van der Waals surface area contributed by atoms with Crippen molar-refractivity contribution in [2.45, 2.75) is 6.92 Å². The number of aromatic nitrogens is 2. The van der Waals surface area contributed by atoms with Gasteiger partial charge in [0.1, 0.15) is 0 Å². The lowest BCUT2D eigenvalue weighted by atomic mass is 10.1. The number of aryl methyl sites for hydroxylation is 2. The second-order valence-corrected chi connectivity index (χ2v) is 4.28. The van der Waals surface area contributed by atoms with Gasteiger partial charge in [0.15, 0.2) is 5.82 Å². The summed E-state index contributed by atoms with van der Waals surface area (Å²) in [5.74, 6) is -0.173. The monoisotopic (exact) mass is 273 g/mol. The molecular weight excluding hydrogens is 258 g/mol. The highest BCUT2D eigenvalue weighted by atomic mass is 16.2. The molecule has 2 rings (SSSR count). The second kappa shape index (κ2) is 5.43. The maximum Gasteiger partial charge on any atom is 0.324 e. The van der Waals surface area contributed by atoms with Crippen LogP contribution in [0.1, 0.15) is 16.1 Å². The second-order valence-electron chi connectivity index (χ2n) is 4.28. The number of nitrogens with two attached hydrogens (primary N) is 1. The third kappa shape index (κ3) is 2.94. The van der Waals surface area contributed by atoms with Gasteiger partial charge in [-0.1, -0.05) is 12.1 Å². The van der Waals surface area contributed by atoms with E-state index in [0.717, 1.165) is 5.69 Å². The molecule has 7 nitrogen and oxygen atoms in total. The number of rotatable bonds is 3. The van der Waals surface area contributed by atoms with Gasteiger partial charge in [-0.2, -0.15) is 5.10 Å². The first-order valence-electron chi connectivity index (χ1n) is 5.95. The molecule has 1 aromatic carbocycles. The number of hydrogen-bond donors (Lipinski definition) is 3. The standard InChI is InChI=1S/C13H15N5O2/c1-8-7-11(17-18(8)2)16-13(20)15-10-6-4-3-5-9(10)12(14)19/h3-7H,1-2H3,(H2,14,19)(H2,15,16,17,20). The fourth-order valence-corrected chi connectivity index (χ4v) is 1.70. The molecule has 2 aromatic rings. The number of nitrogens with zero attached hydrogens (tertiary/aromatic N) is 2. The van der Waals surface area contributed by atoms with Crippen LogP contribution in [0.25, 0.3) is 0 Å². The van der Waals surface area contributed by atoms with Gasteiger partial charge in [-0.3, -0.25) is 14.8 Å². The van der Waals surface area contributed by atoms with E-state index in [2.05, 4.69) is 15.7 Å². The largest absolute Gasteiger partial charge is 0.366 e. The van der Waals surface area contributed by atoms with Gasteiger partial charge in [0.25, 0.3) is 5.91 Å². The van der Waals surface area contributed by atoms with Crippen molar-refractivity contribution < 1.29 is 9.59 Å². The molecule has 1 aromatic heterocycles. The molecule has 0 aliphatic carbocycles. The number of amides is 3. The summed E-state index contributed by atoms with van der Waals surface area (Å²) in [5, 5.41) is 9.26. The van der Waals surface area contributed by atoms with E-state index in [1.165, 1.54) is 0 Å². The molecule has 0 radical (unpaired) electrons. The number of benzene rings is 1. The molecule has 0 spiro atoms. The number of hydrogen-bond acceptors (Lipinski definition) is 3. The third-order valence-corrected chi connectivity index (χ3v) is 2.80. The number of carbonyl (C=O) groups is 2. The highest BCUT2D eigenvalue weighted by Crippen LogP contribution is 2.15. The Morgan fingerprint density at radius 3 is 2.55 bits per heavy atom. The maximum atomic E-state index is 11.9. The van der Waals surface area contributed by atoms with Gasteiger partial charge in [-0.05, 0) is 19.1 Å². The van der Waals surface area contributed by atoms with Crippen LogP contribution in [0.5, 0.6) is 0 Å². The summed E-state index contributed by atoms with van der Waals surface area (Å²) in [6, 6.07) is 7.76. The molecule has 4 N–H and O–H groups in total. The molecule has 7 heteroatoms. The summed E-state index contributed by atoms with van der Waals surface area (Å²) in [6.07, 6.45) is 0. The van der Waals surface area contributed by atoms with E-state index in [9.17, 15) is 9.59 Å². The maximum absolute atomic E-state index is 11.9. The minimum absolute atomic E-state index is 0.250. The van der Waals surface area contributed by atoms with Gasteiger partial charge in [0.05, 0.1) is 11.3 Å². The Kier molecular flexibility index (Phi) is 3.69. The lowest BCUT2D eigenvalue weighted by Crippen LogP contribution is -2.22. The third-order valence-electron chi connectivity index (χ3n) is 2.80. The highest BCUT2D eigenvalue weighted by molar-refractivity contribution is 6.05. The van der Waals surface area contributed by atoms with Crippen molar-refractivity contribution in [2.75, 3.05) is 10.6 Å². The molecule has 0 unspecified atom stereocenters. The predicted molar refractivity (Wildman–Crippen MR) is 75.5 cm³/mol. The van der Waals surface area contributed by atoms with Crippen LogP contribution < -0.4 is 16.4 Å². The average molecular weight is 273 g/mol. The number of carbonyl (C=O) groups excluding carboxylic acids is 2. The summed E-state index contributed by atoms with van der Waals surface area (Å²) >= 11 is 0. The molecule has 0 saturated heterocycles. The Labute approximate surface area is 115 Å². The minimum atomic E-state index is -0.602. The highest BCUT2D eigenvalue weighted by Gasteiger charge is 2.11. The predicted octanol–water partition coefficient (Wildman–Crippen LogP) is 1.47. The van der Waals surface area contributed by atoms with Crippen LogP contribution in [0.4, 0.5) is 16.3 Å². The molecule has 0 saturated carbocycles. The van der Waals surface area contributed by atoms with Crippen molar-refractivity contribution in [3.8, 4) is 0 Å². The first kappa shape index (κ1) is 13.6. The summed E-state index contributed by atoms with van der Waals surface area (Å²) in [7, 11) is 1.78. The minimum Gasteiger partial charge on any atom is -0.366 e. The molecule has 3 amide bonds. The average Bonchev–Trinajstić information content (AvgIpc) is 2.68. The summed E-state index contributed by atoms with van der Waals surface area (Å²) in [4.78, 5) is 23.1. The van der Waals surface area contributed by atoms with Crippen molar-refractivity contribution in [3.05, 3.63) is 41.6 Å². The molecule has 0 aliphatic heterocycles. The van der Waals surface area contributed by atoms with Gasteiger partial charge in [-0.25, -0.2) is 4.79 Å². The van der Waals surface area contributed by atoms with Crippen molar-refractivity contribution in [3.63, 3.8) is 0 Å². The molecule has 0 bridgehead atoms. The Balaban J connectivity index is 2.10. The molecule has 1 heterocycles. The fourth-order valence-electron chi connectivity index (χ4n) is 1.70. The summed E-state index contributed by atoms with van der Waals surface area (Å²) in [5.41, 5.74) is 6.76. The molecule has 0 atom stereocenters. The molecule has 20 heavy (non-hydrogen) atoms. The van der Waals surface area contributed by atoms with E-state index in [-0.39, 0.29) is 5.56 Å². The van der Waals surface area contributed by atoms with E-state index in [4.69, 9.17) is 5.73 Å².